The molecule has 3 rings (SSSR count). The van der Waals surface area contributed by atoms with E-state index < -0.39 is 0 Å². The van der Waals surface area contributed by atoms with E-state index in [0.29, 0.717) is 0 Å². The van der Waals surface area contributed by atoms with Crippen LogP contribution in [0.4, 0.5) is 0 Å². The van der Waals surface area contributed by atoms with Gasteiger partial charge in [-0.1, -0.05) is 12.2 Å². The van der Waals surface area contributed by atoms with Crippen LogP contribution in [0.25, 0.3) is 0 Å². The lowest BCUT2D eigenvalue weighted by molar-refractivity contribution is -0.143. The first kappa shape index (κ1) is 9.09. The van der Waals surface area contributed by atoms with E-state index in [2.05, 4.69) is 5.32 Å². The lowest BCUT2D eigenvalue weighted by Gasteiger charge is -2.34. The fourth-order valence-corrected chi connectivity index (χ4v) is 2.64. The number of hydrogen-bond donors (Lipinski definition) is 1. The van der Waals surface area contributed by atoms with Gasteiger partial charge in [-0.15, -0.1) is 0 Å². The molecule has 2 heterocycles. The van der Waals surface area contributed by atoms with Gasteiger partial charge in [0.1, 0.15) is 0 Å². The van der Waals surface area contributed by atoms with E-state index in [1.54, 1.807) is 0 Å². The predicted molar refractivity (Wildman–Crippen MR) is 53.9 cm³/mol. The maximum absolute atomic E-state index is 12.0. The highest BCUT2D eigenvalue weighted by Crippen LogP contribution is 2.36. The predicted octanol–water partition coefficient (Wildman–Crippen LogP) is -0.0906. The second kappa shape index (κ2) is 3.17. The van der Waals surface area contributed by atoms with E-state index in [1.165, 1.54) is 4.90 Å². The van der Waals surface area contributed by atoms with E-state index in [-0.39, 0.29) is 29.7 Å². The number of likely N-dealkylation sites (tertiary alicyclic amines) is 1. The number of rotatable bonds is 1. The van der Waals surface area contributed by atoms with Crippen LogP contribution in [0.5, 0.6) is 0 Å². The van der Waals surface area contributed by atoms with E-state index in [9.17, 15) is 9.59 Å². The van der Waals surface area contributed by atoms with Crippen molar-refractivity contribution >= 4 is 11.8 Å². The van der Waals surface area contributed by atoms with Crippen LogP contribution >= 0.6 is 0 Å². The molecule has 2 aliphatic heterocycles. The fraction of sp³-hybridized carbons (Fsp3) is 0.636. The maximum Gasteiger partial charge on any atom is 0.233 e. The number of fused-ring (bicyclic) bond motifs is 1. The van der Waals surface area contributed by atoms with Crippen molar-refractivity contribution in [1.29, 1.82) is 0 Å². The zero-order valence-corrected chi connectivity index (χ0v) is 8.48. The van der Waals surface area contributed by atoms with Gasteiger partial charge in [0.25, 0.3) is 0 Å². The average Bonchev–Trinajstić information content (AvgIpc) is 2.42. The van der Waals surface area contributed by atoms with Gasteiger partial charge in [-0.3, -0.25) is 14.5 Å². The Morgan fingerprint density at radius 1 is 1.07 bits per heavy atom. The molecule has 2 saturated heterocycles. The highest BCUT2D eigenvalue weighted by molar-refractivity contribution is 6.05. The van der Waals surface area contributed by atoms with E-state index >= 15 is 0 Å². The van der Waals surface area contributed by atoms with Gasteiger partial charge < -0.3 is 5.32 Å². The number of carbonyl (C=O) groups excluding carboxylic acids is 2. The summed E-state index contributed by atoms with van der Waals surface area (Å²) in [5.74, 6) is -0.0205. The summed E-state index contributed by atoms with van der Waals surface area (Å²) < 4.78 is 0. The average molecular weight is 206 g/mol. The van der Waals surface area contributed by atoms with Crippen molar-refractivity contribution in [3.8, 4) is 0 Å². The molecule has 0 aromatic heterocycles. The molecule has 0 bridgehead atoms. The molecule has 1 aliphatic carbocycles. The van der Waals surface area contributed by atoms with E-state index in [1.807, 2.05) is 12.2 Å². The smallest absolute Gasteiger partial charge is 0.233 e. The fourth-order valence-electron chi connectivity index (χ4n) is 2.64. The number of allylic oxidation sites excluding steroid dienone is 2. The van der Waals surface area contributed by atoms with Gasteiger partial charge in [0.2, 0.25) is 11.8 Å². The van der Waals surface area contributed by atoms with Gasteiger partial charge >= 0.3 is 0 Å². The number of amides is 2. The summed E-state index contributed by atoms with van der Waals surface area (Å²) in [6.07, 6.45) is 5.53. The van der Waals surface area contributed by atoms with E-state index in [0.717, 1.165) is 25.9 Å². The summed E-state index contributed by atoms with van der Waals surface area (Å²) in [7, 11) is 0. The SMILES string of the molecule is O=C1C2CC=CCC2C(=O)N1C1CNC1. The van der Waals surface area contributed by atoms with Crippen LogP contribution in [0, 0.1) is 11.8 Å². The molecule has 0 spiro atoms. The summed E-state index contributed by atoms with van der Waals surface area (Å²) in [5, 5.41) is 3.10. The first-order chi connectivity index (χ1) is 7.29. The van der Waals surface area contributed by atoms with Crippen LogP contribution in [-0.2, 0) is 9.59 Å². The number of hydrogen-bond acceptors (Lipinski definition) is 3. The minimum Gasteiger partial charge on any atom is -0.313 e. The van der Waals surface area contributed by atoms with Crippen LogP contribution in [0.15, 0.2) is 12.2 Å². The molecule has 0 aromatic carbocycles. The molecule has 3 aliphatic rings. The summed E-state index contributed by atoms with van der Waals surface area (Å²) >= 11 is 0. The van der Waals surface area contributed by atoms with Crippen molar-refractivity contribution < 1.29 is 9.59 Å². The molecule has 2 fully saturated rings. The monoisotopic (exact) mass is 206 g/mol. The summed E-state index contributed by atoms with van der Waals surface area (Å²) in [6, 6.07) is 0.121. The molecule has 1 N–H and O–H groups in total. The molecular formula is C11H14N2O2. The second-order valence-electron chi connectivity index (χ2n) is 4.51. The minimum atomic E-state index is -0.0666. The summed E-state index contributed by atoms with van der Waals surface area (Å²) in [5.41, 5.74) is 0. The summed E-state index contributed by atoms with van der Waals surface area (Å²) in [4.78, 5) is 25.6. The molecule has 15 heavy (non-hydrogen) atoms. The number of nitrogens with zero attached hydrogens (tertiary/aromatic N) is 1. The van der Waals surface area contributed by atoms with Gasteiger partial charge in [-0.05, 0) is 12.8 Å². The number of imide groups is 1. The molecule has 80 valence electrons. The maximum atomic E-state index is 12.0. The van der Waals surface area contributed by atoms with Gasteiger partial charge in [-0.25, -0.2) is 0 Å². The molecule has 4 nitrogen and oxygen atoms in total. The Balaban J connectivity index is 1.87. The Kier molecular flexibility index (Phi) is 1.92. The second-order valence-corrected chi connectivity index (χ2v) is 4.51. The largest absolute Gasteiger partial charge is 0.313 e. The lowest BCUT2D eigenvalue weighted by Crippen LogP contribution is -2.59. The minimum absolute atomic E-state index is 0.0563. The highest BCUT2D eigenvalue weighted by atomic mass is 16.2. The van der Waals surface area contributed by atoms with Crippen LogP contribution in [0.3, 0.4) is 0 Å². The first-order valence-corrected chi connectivity index (χ1v) is 5.51. The summed E-state index contributed by atoms with van der Waals surface area (Å²) in [6.45, 7) is 1.54. The molecule has 4 heteroatoms. The van der Waals surface area contributed by atoms with Crippen LogP contribution in [-0.4, -0.2) is 35.8 Å². The Morgan fingerprint density at radius 2 is 1.60 bits per heavy atom. The highest BCUT2D eigenvalue weighted by Gasteiger charge is 2.50. The molecule has 2 amide bonds. The van der Waals surface area contributed by atoms with Gasteiger partial charge in [-0.2, -0.15) is 0 Å². The normalized spacial score (nSPS) is 35.6. The van der Waals surface area contributed by atoms with Crippen LogP contribution in [0.2, 0.25) is 0 Å². The third kappa shape index (κ3) is 1.17. The number of nitrogens with one attached hydrogen (secondary N) is 1. The Bertz CT molecular complexity index is 320. The first-order valence-electron chi connectivity index (χ1n) is 5.51. The topological polar surface area (TPSA) is 49.4 Å². The van der Waals surface area contributed by atoms with Gasteiger partial charge in [0.05, 0.1) is 17.9 Å². The molecule has 0 saturated carbocycles. The van der Waals surface area contributed by atoms with Crippen molar-refractivity contribution in [1.82, 2.24) is 10.2 Å². The third-order valence-electron chi connectivity index (χ3n) is 3.67. The lowest BCUT2D eigenvalue weighted by atomic mass is 9.85. The Labute approximate surface area is 88.3 Å². The molecule has 2 unspecified atom stereocenters. The van der Waals surface area contributed by atoms with E-state index in [4.69, 9.17) is 0 Å². The van der Waals surface area contributed by atoms with Gasteiger partial charge in [0, 0.05) is 13.1 Å². The number of carbonyl (C=O) groups is 2. The van der Waals surface area contributed by atoms with Crippen molar-refractivity contribution in [3.05, 3.63) is 12.2 Å². The zero-order valence-electron chi connectivity index (χ0n) is 8.48. The quantitative estimate of drug-likeness (QED) is 0.482. The van der Waals surface area contributed by atoms with Crippen LogP contribution < -0.4 is 5.32 Å². The Hall–Kier alpha value is -1.16. The van der Waals surface area contributed by atoms with Crippen molar-refractivity contribution in [3.63, 3.8) is 0 Å². The molecule has 0 radical (unpaired) electrons. The molecular weight excluding hydrogens is 192 g/mol. The standard InChI is InChI=1S/C11H14N2O2/c14-10-8-3-1-2-4-9(8)11(15)13(10)7-5-12-6-7/h1-2,7-9,12H,3-6H2. The van der Waals surface area contributed by atoms with Crippen LogP contribution in [0.1, 0.15) is 12.8 Å². The molecule has 0 aromatic rings. The zero-order chi connectivity index (χ0) is 10.4. The van der Waals surface area contributed by atoms with Crippen molar-refractivity contribution in [2.75, 3.05) is 13.1 Å². The van der Waals surface area contributed by atoms with Gasteiger partial charge in [0.15, 0.2) is 0 Å². The molecule has 2 atom stereocenters. The van der Waals surface area contributed by atoms with Crippen molar-refractivity contribution in [2.45, 2.75) is 18.9 Å². The Morgan fingerprint density at radius 3 is 2.00 bits per heavy atom. The third-order valence-corrected chi connectivity index (χ3v) is 3.67. The van der Waals surface area contributed by atoms with Crippen molar-refractivity contribution in [2.24, 2.45) is 11.8 Å².